The lowest BCUT2D eigenvalue weighted by molar-refractivity contribution is 0.197. The number of anilines is 1. The molecule has 1 aliphatic carbocycles. The van der Waals surface area contributed by atoms with Gasteiger partial charge in [-0.15, -0.1) is 0 Å². The van der Waals surface area contributed by atoms with Gasteiger partial charge in [0, 0.05) is 18.7 Å². The summed E-state index contributed by atoms with van der Waals surface area (Å²) in [6, 6.07) is 5.02. The number of aliphatic hydroxyl groups excluding tert-OH is 1. The minimum atomic E-state index is -0.622. The highest BCUT2D eigenvalue weighted by Gasteiger charge is 2.37. The molecule has 0 aromatic heterocycles. The van der Waals surface area contributed by atoms with Crippen LogP contribution < -0.4 is 4.90 Å². The number of para-hydroxylation sites is 1. The number of hydrogen-bond donors (Lipinski definition) is 1. The molecule has 1 aromatic rings. The predicted octanol–water partition coefficient (Wildman–Crippen LogP) is 4.04. The SMILES string of the molecule is CC(O)c1cccc(F)c1N1CCC2(CCCC2)CC1. The van der Waals surface area contributed by atoms with Gasteiger partial charge in [-0.05, 0) is 44.1 Å². The van der Waals surface area contributed by atoms with Gasteiger partial charge in [0.1, 0.15) is 5.82 Å². The summed E-state index contributed by atoms with van der Waals surface area (Å²) in [5.74, 6) is -0.203. The van der Waals surface area contributed by atoms with Gasteiger partial charge in [-0.2, -0.15) is 0 Å². The van der Waals surface area contributed by atoms with Gasteiger partial charge in [0.05, 0.1) is 11.8 Å². The third kappa shape index (κ3) is 2.44. The van der Waals surface area contributed by atoms with E-state index in [0.29, 0.717) is 16.7 Å². The van der Waals surface area contributed by atoms with Crippen molar-refractivity contribution in [1.82, 2.24) is 0 Å². The van der Waals surface area contributed by atoms with E-state index < -0.39 is 6.10 Å². The van der Waals surface area contributed by atoms with Crippen molar-refractivity contribution in [3.63, 3.8) is 0 Å². The van der Waals surface area contributed by atoms with Crippen molar-refractivity contribution >= 4 is 5.69 Å². The quantitative estimate of drug-likeness (QED) is 0.882. The highest BCUT2D eigenvalue weighted by Crippen LogP contribution is 2.47. The van der Waals surface area contributed by atoms with Crippen LogP contribution in [-0.2, 0) is 0 Å². The molecule has 1 aromatic carbocycles. The van der Waals surface area contributed by atoms with Crippen molar-refractivity contribution in [2.45, 2.75) is 51.6 Å². The standard InChI is InChI=1S/C17H24FNO/c1-13(20)14-5-4-6-15(18)16(14)19-11-9-17(10-12-19)7-2-3-8-17/h4-6,13,20H,2-3,7-12H2,1H3. The summed E-state index contributed by atoms with van der Waals surface area (Å²) in [6.07, 6.45) is 7.13. The summed E-state index contributed by atoms with van der Waals surface area (Å²) in [5, 5.41) is 9.87. The Morgan fingerprint density at radius 1 is 1.15 bits per heavy atom. The molecule has 2 nitrogen and oxygen atoms in total. The summed E-state index contributed by atoms with van der Waals surface area (Å²) in [7, 11) is 0. The van der Waals surface area contributed by atoms with Crippen molar-refractivity contribution in [3.8, 4) is 0 Å². The summed E-state index contributed by atoms with van der Waals surface area (Å²) in [6.45, 7) is 3.54. The summed E-state index contributed by atoms with van der Waals surface area (Å²) in [5.41, 5.74) is 1.87. The van der Waals surface area contributed by atoms with Crippen LogP contribution in [0, 0.1) is 11.2 Å². The fraction of sp³-hybridized carbons (Fsp3) is 0.647. The van der Waals surface area contributed by atoms with Gasteiger partial charge in [-0.3, -0.25) is 0 Å². The Balaban J connectivity index is 1.81. The Morgan fingerprint density at radius 2 is 1.80 bits per heavy atom. The second kappa shape index (κ2) is 5.36. The largest absolute Gasteiger partial charge is 0.389 e. The first-order chi connectivity index (χ1) is 9.61. The van der Waals surface area contributed by atoms with Crippen molar-refractivity contribution in [3.05, 3.63) is 29.6 Å². The maximum Gasteiger partial charge on any atom is 0.146 e. The Hall–Kier alpha value is -1.09. The third-order valence-electron chi connectivity index (χ3n) is 5.27. The smallest absolute Gasteiger partial charge is 0.146 e. The van der Waals surface area contributed by atoms with Crippen LogP contribution in [0.15, 0.2) is 18.2 Å². The van der Waals surface area contributed by atoms with Crippen LogP contribution in [0.4, 0.5) is 10.1 Å². The van der Waals surface area contributed by atoms with E-state index in [1.807, 2.05) is 6.07 Å². The van der Waals surface area contributed by atoms with E-state index in [4.69, 9.17) is 0 Å². The zero-order chi connectivity index (χ0) is 14.2. The molecular weight excluding hydrogens is 253 g/mol. The van der Waals surface area contributed by atoms with Gasteiger partial charge in [0.2, 0.25) is 0 Å². The van der Waals surface area contributed by atoms with Crippen LogP contribution in [0.3, 0.4) is 0 Å². The molecule has 110 valence electrons. The second-order valence-electron chi connectivity index (χ2n) is 6.55. The number of nitrogens with zero attached hydrogens (tertiary/aromatic N) is 1. The molecule has 1 saturated carbocycles. The Kier molecular flexibility index (Phi) is 3.72. The van der Waals surface area contributed by atoms with E-state index in [9.17, 15) is 9.50 Å². The van der Waals surface area contributed by atoms with Crippen LogP contribution in [0.2, 0.25) is 0 Å². The lowest BCUT2D eigenvalue weighted by Crippen LogP contribution is -2.39. The van der Waals surface area contributed by atoms with E-state index in [-0.39, 0.29) is 5.82 Å². The first-order valence-corrected chi connectivity index (χ1v) is 7.83. The van der Waals surface area contributed by atoms with E-state index >= 15 is 0 Å². The lowest BCUT2D eigenvalue weighted by Gasteiger charge is -2.41. The molecule has 20 heavy (non-hydrogen) atoms. The van der Waals surface area contributed by atoms with Crippen LogP contribution in [0.5, 0.6) is 0 Å². The molecule has 3 rings (SSSR count). The highest BCUT2D eigenvalue weighted by molar-refractivity contribution is 5.56. The van der Waals surface area contributed by atoms with Crippen molar-refractivity contribution in [2.75, 3.05) is 18.0 Å². The van der Waals surface area contributed by atoms with Crippen LogP contribution in [0.25, 0.3) is 0 Å². The Bertz CT molecular complexity index is 470. The van der Waals surface area contributed by atoms with E-state index in [1.54, 1.807) is 13.0 Å². The van der Waals surface area contributed by atoms with E-state index in [2.05, 4.69) is 4.90 Å². The van der Waals surface area contributed by atoms with Gasteiger partial charge >= 0.3 is 0 Å². The van der Waals surface area contributed by atoms with Gasteiger partial charge < -0.3 is 10.0 Å². The predicted molar refractivity (Wildman–Crippen MR) is 79.4 cm³/mol. The third-order valence-corrected chi connectivity index (χ3v) is 5.27. The highest BCUT2D eigenvalue weighted by atomic mass is 19.1. The van der Waals surface area contributed by atoms with Crippen LogP contribution in [-0.4, -0.2) is 18.2 Å². The monoisotopic (exact) mass is 277 g/mol. The van der Waals surface area contributed by atoms with Gasteiger partial charge in [-0.1, -0.05) is 25.0 Å². The molecule has 2 aliphatic rings. The number of hydrogen-bond acceptors (Lipinski definition) is 2. The van der Waals surface area contributed by atoms with Gasteiger partial charge in [-0.25, -0.2) is 4.39 Å². The molecule has 0 bridgehead atoms. The molecule has 1 aliphatic heterocycles. The fourth-order valence-corrected chi connectivity index (χ4v) is 4.03. The van der Waals surface area contributed by atoms with E-state index in [1.165, 1.54) is 44.6 Å². The number of benzene rings is 1. The molecule has 1 spiro atoms. The first kappa shape index (κ1) is 13.9. The molecule has 1 heterocycles. The van der Waals surface area contributed by atoms with Crippen molar-refractivity contribution in [2.24, 2.45) is 5.41 Å². The summed E-state index contributed by atoms with van der Waals surface area (Å²) in [4.78, 5) is 2.14. The van der Waals surface area contributed by atoms with Crippen molar-refractivity contribution < 1.29 is 9.50 Å². The van der Waals surface area contributed by atoms with Crippen LogP contribution >= 0.6 is 0 Å². The Morgan fingerprint density at radius 3 is 2.40 bits per heavy atom. The molecule has 0 amide bonds. The second-order valence-corrected chi connectivity index (χ2v) is 6.55. The molecule has 1 atom stereocenters. The Labute approximate surface area is 120 Å². The normalized spacial score (nSPS) is 23.2. The minimum Gasteiger partial charge on any atom is -0.389 e. The number of aliphatic hydroxyl groups is 1. The first-order valence-electron chi connectivity index (χ1n) is 7.83. The minimum absolute atomic E-state index is 0.203. The van der Waals surface area contributed by atoms with E-state index in [0.717, 1.165) is 13.1 Å². The number of halogens is 1. The molecule has 3 heteroatoms. The zero-order valence-electron chi connectivity index (χ0n) is 12.2. The lowest BCUT2D eigenvalue weighted by atomic mass is 9.77. The molecule has 1 saturated heterocycles. The molecule has 1 unspecified atom stereocenters. The average molecular weight is 277 g/mol. The molecular formula is C17H24FNO. The number of piperidine rings is 1. The van der Waals surface area contributed by atoms with Crippen LogP contribution in [0.1, 0.15) is 57.1 Å². The summed E-state index contributed by atoms with van der Waals surface area (Å²) < 4.78 is 14.2. The molecule has 0 radical (unpaired) electrons. The molecule has 2 fully saturated rings. The summed E-state index contributed by atoms with van der Waals surface area (Å²) >= 11 is 0. The average Bonchev–Trinajstić information content (AvgIpc) is 2.88. The topological polar surface area (TPSA) is 23.5 Å². The maximum atomic E-state index is 14.2. The fourth-order valence-electron chi connectivity index (χ4n) is 4.03. The van der Waals surface area contributed by atoms with Gasteiger partial charge in [0.25, 0.3) is 0 Å². The molecule has 1 N–H and O–H groups in total. The number of rotatable bonds is 2. The maximum absolute atomic E-state index is 14.2. The van der Waals surface area contributed by atoms with Crippen molar-refractivity contribution in [1.29, 1.82) is 0 Å². The zero-order valence-corrected chi connectivity index (χ0v) is 12.2. The van der Waals surface area contributed by atoms with Gasteiger partial charge in [0.15, 0.2) is 0 Å².